The van der Waals surface area contributed by atoms with Gasteiger partial charge in [0.2, 0.25) is 0 Å². The van der Waals surface area contributed by atoms with Crippen LogP contribution in [0.3, 0.4) is 0 Å². The number of rotatable bonds is 6. The van der Waals surface area contributed by atoms with E-state index >= 15 is 0 Å². The van der Waals surface area contributed by atoms with Crippen molar-refractivity contribution >= 4 is 44.9 Å². The number of piperidine rings is 1. The fourth-order valence-corrected chi connectivity index (χ4v) is 3.63. The molecule has 1 aliphatic heterocycles. The van der Waals surface area contributed by atoms with Crippen molar-refractivity contribution in [2.24, 2.45) is 5.92 Å². The first-order chi connectivity index (χ1) is 14.0. The maximum Gasteiger partial charge on any atom is 0.309 e. The molecule has 9 heteroatoms. The molecule has 2 aromatic rings. The summed E-state index contributed by atoms with van der Waals surface area (Å²) in [5.41, 5.74) is 1.21. The van der Waals surface area contributed by atoms with Crippen LogP contribution in [-0.2, 0) is 14.3 Å². The Morgan fingerprint density at radius 2 is 1.79 bits per heavy atom. The van der Waals surface area contributed by atoms with Gasteiger partial charge in [0.05, 0.1) is 16.5 Å². The van der Waals surface area contributed by atoms with Crippen molar-refractivity contribution in [2.75, 3.05) is 29.9 Å². The lowest BCUT2D eigenvalue weighted by Crippen LogP contribution is -2.37. The molecule has 0 atom stereocenters. The molecule has 1 N–H and O–H groups in total. The van der Waals surface area contributed by atoms with Gasteiger partial charge in [-0.1, -0.05) is 24.3 Å². The number of halogens is 1. The van der Waals surface area contributed by atoms with Crippen LogP contribution in [0.1, 0.15) is 12.8 Å². The molecule has 0 spiro atoms. The highest BCUT2D eigenvalue weighted by atomic mass is 79.9. The molecule has 2 aromatic carbocycles. The second-order valence-corrected chi connectivity index (χ2v) is 7.50. The zero-order chi connectivity index (χ0) is 20.8. The lowest BCUT2D eigenvalue weighted by atomic mass is 9.96. The van der Waals surface area contributed by atoms with Crippen LogP contribution in [0, 0.1) is 16.0 Å². The molecule has 8 nitrogen and oxygen atoms in total. The number of esters is 1. The monoisotopic (exact) mass is 461 g/mol. The van der Waals surface area contributed by atoms with Crippen molar-refractivity contribution in [1.82, 2.24) is 0 Å². The van der Waals surface area contributed by atoms with Crippen molar-refractivity contribution < 1.29 is 19.2 Å². The van der Waals surface area contributed by atoms with Gasteiger partial charge >= 0.3 is 5.97 Å². The normalized spacial score (nSPS) is 14.3. The van der Waals surface area contributed by atoms with Crippen LogP contribution in [0.15, 0.2) is 53.0 Å². The molecule has 1 aliphatic rings. The molecule has 1 fully saturated rings. The number of amides is 1. The van der Waals surface area contributed by atoms with Crippen LogP contribution < -0.4 is 10.2 Å². The summed E-state index contributed by atoms with van der Waals surface area (Å²) in [6.45, 7) is 0.659. The number of hydrogen-bond donors (Lipinski definition) is 1. The first-order valence-electron chi connectivity index (χ1n) is 9.15. The Hall–Kier alpha value is -2.94. The Bertz CT molecular complexity index is 912. The van der Waals surface area contributed by atoms with Gasteiger partial charge in [-0.05, 0) is 47.0 Å². The Kier molecular flexibility index (Phi) is 6.82. The number of ether oxygens (including phenoxy) is 1. The number of hydrogen-bond acceptors (Lipinski definition) is 6. The summed E-state index contributed by atoms with van der Waals surface area (Å²) in [7, 11) is 0. The number of carbonyl (C=O) groups excluding carboxylic acids is 2. The summed E-state index contributed by atoms with van der Waals surface area (Å²) in [4.78, 5) is 37.0. The van der Waals surface area contributed by atoms with Crippen LogP contribution >= 0.6 is 15.9 Å². The highest BCUT2D eigenvalue weighted by Crippen LogP contribution is 2.31. The summed E-state index contributed by atoms with van der Waals surface area (Å²) in [6, 6.07) is 13.7. The van der Waals surface area contributed by atoms with Crippen LogP contribution in [0.25, 0.3) is 0 Å². The van der Waals surface area contributed by atoms with E-state index in [0.717, 1.165) is 4.47 Å². The predicted molar refractivity (Wildman–Crippen MR) is 112 cm³/mol. The topological polar surface area (TPSA) is 102 Å². The van der Waals surface area contributed by atoms with E-state index in [-0.39, 0.29) is 18.2 Å². The Morgan fingerprint density at radius 1 is 1.14 bits per heavy atom. The highest BCUT2D eigenvalue weighted by Gasteiger charge is 2.29. The number of nitrogens with one attached hydrogen (secondary N) is 1. The molecular weight excluding hydrogens is 442 g/mol. The van der Waals surface area contributed by atoms with Crippen molar-refractivity contribution in [3.63, 3.8) is 0 Å². The fourth-order valence-electron chi connectivity index (χ4n) is 3.25. The zero-order valence-electron chi connectivity index (χ0n) is 15.5. The minimum atomic E-state index is -0.422. The number of nitrogens with zero attached hydrogens (tertiary/aromatic N) is 2. The minimum absolute atomic E-state index is 0.0530. The standard InChI is InChI=1S/C20H20BrN3O5/c21-15-5-1-2-6-16(15)22-19(25)13-29-20(26)14-9-11-23(12-10-14)17-7-3-4-8-18(17)24(27)28/h1-8,14H,9-13H2,(H,22,25). The van der Waals surface area contributed by atoms with E-state index in [1.807, 2.05) is 11.0 Å². The van der Waals surface area contributed by atoms with Crippen LogP contribution in [0.5, 0.6) is 0 Å². The van der Waals surface area contributed by atoms with Crippen LogP contribution in [0.4, 0.5) is 17.1 Å². The molecule has 0 unspecified atom stereocenters. The number of carbonyl (C=O) groups is 2. The van der Waals surface area contributed by atoms with E-state index < -0.39 is 16.8 Å². The molecule has 0 saturated carbocycles. The Morgan fingerprint density at radius 3 is 2.48 bits per heavy atom. The number of nitro benzene ring substituents is 1. The number of para-hydroxylation sites is 3. The molecule has 1 saturated heterocycles. The first-order valence-corrected chi connectivity index (χ1v) is 9.94. The van der Waals surface area contributed by atoms with E-state index in [1.165, 1.54) is 6.07 Å². The van der Waals surface area contributed by atoms with Gasteiger partial charge in [-0.3, -0.25) is 19.7 Å². The van der Waals surface area contributed by atoms with E-state index in [2.05, 4.69) is 21.2 Å². The summed E-state index contributed by atoms with van der Waals surface area (Å²) in [5, 5.41) is 13.9. The number of benzene rings is 2. The largest absolute Gasteiger partial charge is 0.455 e. The Balaban J connectivity index is 1.49. The summed E-state index contributed by atoms with van der Waals surface area (Å²) in [6.07, 6.45) is 1.02. The molecular formula is C20H20BrN3O5. The van der Waals surface area contributed by atoms with E-state index in [1.54, 1.807) is 36.4 Å². The van der Waals surface area contributed by atoms with Crippen molar-refractivity contribution in [1.29, 1.82) is 0 Å². The third kappa shape index (κ3) is 5.32. The molecule has 152 valence electrons. The zero-order valence-corrected chi connectivity index (χ0v) is 17.1. The SMILES string of the molecule is O=C(COC(=O)C1CCN(c2ccccc2[N+](=O)[O-])CC1)Nc1ccccc1Br. The maximum atomic E-state index is 12.3. The van der Waals surface area contributed by atoms with Gasteiger partial charge in [0.25, 0.3) is 11.6 Å². The average Bonchev–Trinajstić information content (AvgIpc) is 2.74. The highest BCUT2D eigenvalue weighted by molar-refractivity contribution is 9.10. The smallest absolute Gasteiger partial charge is 0.309 e. The third-order valence-corrected chi connectivity index (χ3v) is 5.43. The van der Waals surface area contributed by atoms with Crippen molar-refractivity contribution in [3.05, 3.63) is 63.1 Å². The van der Waals surface area contributed by atoms with Crippen molar-refractivity contribution in [2.45, 2.75) is 12.8 Å². The van der Waals surface area contributed by atoms with Gasteiger partial charge in [0.15, 0.2) is 6.61 Å². The van der Waals surface area contributed by atoms with E-state index in [0.29, 0.717) is 37.3 Å². The first kappa shape index (κ1) is 20.8. The van der Waals surface area contributed by atoms with Gasteiger partial charge in [0.1, 0.15) is 5.69 Å². The predicted octanol–water partition coefficient (Wildman–Crippen LogP) is 3.76. The molecule has 0 aromatic heterocycles. The minimum Gasteiger partial charge on any atom is -0.455 e. The quantitative estimate of drug-likeness (QED) is 0.399. The van der Waals surface area contributed by atoms with E-state index in [9.17, 15) is 19.7 Å². The lowest BCUT2D eigenvalue weighted by Gasteiger charge is -2.32. The van der Waals surface area contributed by atoms with Gasteiger partial charge in [-0.15, -0.1) is 0 Å². The molecule has 29 heavy (non-hydrogen) atoms. The second-order valence-electron chi connectivity index (χ2n) is 6.64. The Labute approximate surface area is 176 Å². The molecule has 3 rings (SSSR count). The molecule has 0 aliphatic carbocycles. The summed E-state index contributed by atoms with van der Waals surface area (Å²) in [5.74, 6) is -1.16. The number of anilines is 2. The van der Waals surface area contributed by atoms with Crippen molar-refractivity contribution in [3.8, 4) is 0 Å². The third-order valence-electron chi connectivity index (χ3n) is 4.74. The second kappa shape index (κ2) is 9.51. The molecule has 1 amide bonds. The molecule has 0 bridgehead atoms. The van der Waals surface area contributed by atoms with Gasteiger partial charge in [-0.25, -0.2) is 0 Å². The van der Waals surface area contributed by atoms with Gasteiger partial charge < -0.3 is 15.0 Å². The van der Waals surface area contributed by atoms with Crippen LogP contribution in [0.2, 0.25) is 0 Å². The lowest BCUT2D eigenvalue weighted by molar-refractivity contribution is -0.384. The van der Waals surface area contributed by atoms with E-state index in [4.69, 9.17) is 4.74 Å². The van der Waals surface area contributed by atoms with Gasteiger partial charge in [0, 0.05) is 23.6 Å². The molecule has 1 heterocycles. The van der Waals surface area contributed by atoms with Gasteiger partial charge in [-0.2, -0.15) is 0 Å². The van der Waals surface area contributed by atoms with Crippen LogP contribution in [-0.4, -0.2) is 36.5 Å². The fraction of sp³-hybridized carbons (Fsp3) is 0.300. The number of nitro groups is 1. The molecule has 0 radical (unpaired) electrons. The summed E-state index contributed by atoms with van der Waals surface area (Å²) >= 11 is 3.34. The maximum absolute atomic E-state index is 12.3. The summed E-state index contributed by atoms with van der Waals surface area (Å²) < 4.78 is 5.90. The average molecular weight is 462 g/mol.